The number of para-hydroxylation sites is 1. The largest absolute Gasteiger partial charge is 0.326 e. The van der Waals surface area contributed by atoms with Crippen LogP contribution in [0.15, 0.2) is 101 Å². The van der Waals surface area contributed by atoms with E-state index in [0.717, 1.165) is 35.2 Å². The van der Waals surface area contributed by atoms with Crippen molar-refractivity contribution in [3.05, 3.63) is 113 Å². The van der Waals surface area contributed by atoms with E-state index in [4.69, 9.17) is 11.6 Å². The number of benzene rings is 4. The molecule has 8 nitrogen and oxygen atoms in total. The highest BCUT2D eigenvalue weighted by atomic mass is 35.5. The molecule has 0 saturated heterocycles. The van der Waals surface area contributed by atoms with Crippen LogP contribution < -0.4 is 13.9 Å². The summed E-state index contributed by atoms with van der Waals surface area (Å²) in [6.45, 7) is 0.752. The molecule has 2 heterocycles. The molecule has 43 heavy (non-hydrogen) atoms. The van der Waals surface area contributed by atoms with Crippen LogP contribution in [0.25, 0.3) is 0 Å². The van der Waals surface area contributed by atoms with Crippen molar-refractivity contribution in [1.29, 1.82) is 0 Å². The molecular formula is C32H30ClN3O5S2. The highest BCUT2D eigenvalue weighted by Gasteiger charge is 2.31. The fraction of sp³-hybridized carbons (Fsp3) is 0.219. The SMILES string of the molecule is O=C(CCc1ccc(S(=O)(=O)N2CCCc3ccccc32)cc1)Nc1ccc2c(c1)N(S(=O)(=O)c1ccc(Cl)cc1)CC2. The number of hydrogen-bond donors (Lipinski definition) is 1. The summed E-state index contributed by atoms with van der Waals surface area (Å²) < 4.78 is 56.2. The minimum absolute atomic E-state index is 0.152. The van der Waals surface area contributed by atoms with Crippen molar-refractivity contribution in [2.24, 2.45) is 0 Å². The van der Waals surface area contributed by atoms with Gasteiger partial charge in [-0.1, -0.05) is 48.0 Å². The molecule has 0 spiro atoms. The quantitative estimate of drug-likeness (QED) is 0.263. The Labute approximate surface area is 257 Å². The molecule has 0 saturated carbocycles. The van der Waals surface area contributed by atoms with E-state index < -0.39 is 20.0 Å². The first kappa shape index (κ1) is 29.2. The zero-order valence-electron chi connectivity index (χ0n) is 23.2. The minimum atomic E-state index is -3.78. The van der Waals surface area contributed by atoms with Gasteiger partial charge in [0.25, 0.3) is 20.0 Å². The fourth-order valence-corrected chi connectivity index (χ4v) is 8.76. The highest BCUT2D eigenvalue weighted by Crippen LogP contribution is 2.36. The maximum absolute atomic E-state index is 13.4. The molecule has 0 atom stereocenters. The van der Waals surface area contributed by atoms with Gasteiger partial charge >= 0.3 is 0 Å². The van der Waals surface area contributed by atoms with E-state index in [9.17, 15) is 21.6 Å². The lowest BCUT2D eigenvalue weighted by atomic mass is 10.0. The van der Waals surface area contributed by atoms with Gasteiger partial charge in [0.05, 0.1) is 21.2 Å². The molecule has 6 rings (SSSR count). The number of carbonyl (C=O) groups excluding carboxylic acids is 1. The van der Waals surface area contributed by atoms with Gasteiger partial charge in [0.1, 0.15) is 0 Å². The summed E-state index contributed by atoms with van der Waals surface area (Å²) >= 11 is 5.93. The lowest BCUT2D eigenvalue weighted by Gasteiger charge is -2.30. The van der Waals surface area contributed by atoms with E-state index >= 15 is 0 Å². The fourth-order valence-electron chi connectivity index (χ4n) is 5.60. The summed E-state index contributed by atoms with van der Waals surface area (Å²) in [5, 5.41) is 3.32. The lowest BCUT2D eigenvalue weighted by Crippen LogP contribution is -2.35. The molecule has 0 aromatic heterocycles. The van der Waals surface area contributed by atoms with Crippen molar-refractivity contribution in [3.8, 4) is 0 Å². The first-order valence-corrected chi connectivity index (χ1v) is 17.3. The molecule has 1 N–H and O–H groups in total. The summed E-state index contributed by atoms with van der Waals surface area (Å²) in [6, 6.07) is 25.6. The molecule has 2 aliphatic rings. The lowest BCUT2D eigenvalue weighted by molar-refractivity contribution is -0.116. The average Bonchev–Trinajstić information content (AvgIpc) is 3.44. The van der Waals surface area contributed by atoms with E-state index in [0.29, 0.717) is 42.3 Å². The highest BCUT2D eigenvalue weighted by molar-refractivity contribution is 7.93. The molecule has 222 valence electrons. The van der Waals surface area contributed by atoms with Crippen molar-refractivity contribution in [2.75, 3.05) is 27.0 Å². The first-order valence-electron chi connectivity index (χ1n) is 14.0. The van der Waals surface area contributed by atoms with Crippen LogP contribution >= 0.6 is 11.6 Å². The van der Waals surface area contributed by atoms with Gasteiger partial charge in [-0.3, -0.25) is 13.4 Å². The van der Waals surface area contributed by atoms with Gasteiger partial charge in [0, 0.05) is 30.2 Å². The van der Waals surface area contributed by atoms with E-state index in [1.165, 1.54) is 20.7 Å². The van der Waals surface area contributed by atoms with Crippen LogP contribution in [0, 0.1) is 0 Å². The van der Waals surface area contributed by atoms with Crippen molar-refractivity contribution in [3.63, 3.8) is 0 Å². The Morgan fingerprint density at radius 1 is 0.721 bits per heavy atom. The Morgan fingerprint density at radius 3 is 2.07 bits per heavy atom. The molecule has 0 unspecified atom stereocenters. The van der Waals surface area contributed by atoms with Crippen LogP contribution in [-0.4, -0.2) is 35.8 Å². The number of nitrogens with zero attached hydrogens (tertiary/aromatic N) is 2. The minimum Gasteiger partial charge on any atom is -0.326 e. The van der Waals surface area contributed by atoms with E-state index in [1.54, 1.807) is 48.5 Å². The van der Waals surface area contributed by atoms with Crippen LogP contribution in [0.1, 0.15) is 29.5 Å². The Morgan fingerprint density at radius 2 is 1.35 bits per heavy atom. The second-order valence-corrected chi connectivity index (χ2v) is 14.8. The van der Waals surface area contributed by atoms with Gasteiger partial charge in [0.15, 0.2) is 0 Å². The van der Waals surface area contributed by atoms with Crippen LogP contribution in [0.3, 0.4) is 0 Å². The third-order valence-electron chi connectivity index (χ3n) is 7.84. The molecule has 0 radical (unpaired) electrons. The average molecular weight is 636 g/mol. The molecule has 11 heteroatoms. The third kappa shape index (κ3) is 5.87. The molecule has 0 bridgehead atoms. The normalized spacial score (nSPS) is 14.7. The van der Waals surface area contributed by atoms with E-state index in [2.05, 4.69) is 5.32 Å². The molecular weight excluding hydrogens is 606 g/mol. The predicted octanol–water partition coefficient (Wildman–Crippen LogP) is 5.80. The Hall–Kier alpha value is -3.86. The van der Waals surface area contributed by atoms with Crippen LogP contribution in [0.4, 0.5) is 17.1 Å². The van der Waals surface area contributed by atoms with Gasteiger partial charge in [-0.15, -0.1) is 0 Å². The topological polar surface area (TPSA) is 104 Å². The number of hydrogen-bond acceptors (Lipinski definition) is 5. The second kappa shape index (κ2) is 11.7. The van der Waals surface area contributed by atoms with Crippen molar-refractivity contribution in [2.45, 2.75) is 41.9 Å². The molecule has 2 aliphatic heterocycles. The zero-order valence-corrected chi connectivity index (χ0v) is 25.6. The monoisotopic (exact) mass is 635 g/mol. The molecule has 1 amide bonds. The number of aryl methyl sites for hydroxylation is 2. The maximum atomic E-state index is 13.4. The van der Waals surface area contributed by atoms with E-state index in [1.807, 2.05) is 30.3 Å². The Bertz CT molecular complexity index is 1890. The number of carbonyl (C=O) groups is 1. The van der Waals surface area contributed by atoms with Gasteiger partial charge in [-0.25, -0.2) is 16.8 Å². The first-order chi connectivity index (χ1) is 20.6. The number of sulfonamides is 2. The van der Waals surface area contributed by atoms with Crippen molar-refractivity contribution in [1.82, 2.24) is 0 Å². The van der Waals surface area contributed by atoms with Crippen LogP contribution in [-0.2, 0) is 44.1 Å². The van der Waals surface area contributed by atoms with Crippen molar-refractivity contribution < 1.29 is 21.6 Å². The predicted molar refractivity (Wildman–Crippen MR) is 169 cm³/mol. The summed E-state index contributed by atoms with van der Waals surface area (Å²) in [6.07, 6.45) is 2.79. The molecule has 0 aliphatic carbocycles. The van der Waals surface area contributed by atoms with Gasteiger partial charge in [-0.2, -0.15) is 0 Å². The standard InChI is InChI=1S/C32H30ClN3O5S2/c33-26-11-16-29(17-12-26)43(40,41)36-21-19-25-10-13-27(22-31(25)36)34-32(37)18-9-23-7-14-28(15-8-23)42(38,39)35-20-3-5-24-4-1-2-6-30(24)35/h1-2,4,6-8,10-17,22H,3,5,9,18-21H2,(H,34,37). The number of fused-ring (bicyclic) bond motifs is 2. The number of halogens is 1. The number of nitrogens with one attached hydrogen (secondary N) is 1. The summed E-state index contributed by atoms with van der Waals surface area (Å²) in [4.78, 5) is 13.2. The summed E-state index contributed by atoms with van der Waals surface area (Å²) in [7, 11) is -7.48. The number of rotatable bonds is 8. The van der Waals surface area contributed by atoms with Crippen LogP contribution in [0.2, 0.25) is 5.02 Å². The Kier molecular flexibility index (Phi) is 7.93. The van der Waals surface area contributed by atoms with Gasteiger partial charge in [-0.05, 0) is 97.0 Å². The summed E-state index contributed by atoms with van der Waals surface area (Å²) in [5.41, 5.74) is 4.53. The smallest absolute Gasteiger partial charge is 0.264 e. The molecule has 4 aromatic rings. The van der Waals surface area contributed by atoms with Crippen molar-refractivity contribution >= 4 is 54.6 Å². The molecule has 4 aromatic carbocycles. The number of amides is 1. The third-order valence-corrected chi connectivity index (χ3v) is 11.8. The van der Waals surface area contributed by atoms with Crippen LogP contribution in [0.5, 0.6) is 0 Å². The molecule has 0 fully saturated rings. The zero-order chi connectivity index (χ0) is 30.2. The Balaban J connectivity index is 1.10. The van der Waals surface area contributed by atoms with Gasteiger partial charge < -0.3 is 5.32 Å². The maximum Gasteiger partial charge on any atom is 0.264 e. The van der Waals surface area contributed by atoms with E-state index in [-0.39, 0.29) is 22.1 Å². The summed E-state index contributed by atoms with van der Waals surface area (Å²) in [5.74, 6) is -0.230. The van der Waals surface area contributed by atoms with Gasteiger partial charge in [0.2, 0.25) is 5.91 Å². The second-order valence-electron chi connectivity index (χ2n) is 10.6. The number of anilines is 3.